The number of ether oxygens (including phenoxy) is 1. The number of halogens is 1. The number of hydrogen-bond donors (Lipinski definition) is 2. The van der Waals surface area contributed by atoms with E-state index in [1.807, 2.05) is 37.4 Å². The normalized spacial score (nSPS) is 14.5. The summed E-state index contributed by atoms with van der Waals surface area (Å²) in [5, 5.41) is 12.3. The molecule has 0 radical (unpaired) electrons. The summed E-state index contributed by atoms with van der Waals surface area (Å²) in [5.41, 5.74) is 3.07. The first-order valence-electron chi connectivity index (χ1n) is 12.0. The predicted octanol–water partition coefficient (Wildman–Crippen LogP) is 6.54. The van der Waals surface area contributed by atoms with E-state index in [1.165, 1.54) is 15.0 Å². The fourth-order valence-electron chi connectivity index (χ4n) is 3.96. The lowest BCUT2D eigenvalue weighted by Gasteiger charge is -2.24. The Morgan fingerprint density at radius 1 is 1.11 bits per heavy atom. The fourth-order valence-corrected chi connectivity index (χ4v) is 5.96. The first-order chi connectivity index (χ1) is 17.3. The van der Waals surface area contributed by atoms with Gasteiger partial charge in [-0.3, -0.25) is 9.71 Å². The predicted molar refractivity (Wildman–Crippen MR) is 154 cm³/mol. The SMILES string of the molecule is CC(C)(O)c1ccnc(-c2cccc3cc(Cc4ccccc4Cl)sc23)c1.CNSN1CCOCC1. The molecular formula is C28H32ClN3O2S2. The standard InChI is InChI=1S/C23H20ClNOS.C5H12N2OS/c1-23(2,26)17-10-11-25-21(14-17)19-8-5-7-16-13-18(27-22(16)19)12-15-6-3-4-9-20(15)24;1-6-9-7-2-4-8-5-3-7/h3-11,13-14,26H,12H2,1-2H3;6H,2-5H2,1H3. The third-order valence-electron chi connectivity index (χ3n) is 5.85. The molecule has 3 heterocycles. The number of benzene rings is 2. The molecule has 1 saturated heterocycles. The van der Waals surface area contributed by atoms with Gasteiger partial charge in [-0.1, -0.05) is 48.0 Å². The van der Waals surface area contributed by atoms with E-state index in [2.05, 4.69) is 44.3 Å². The number of fused-ring (bicyclic) bond motifs is 1. The Morgan fingerprint density at radius 3 is 2.61 bits per heavy atom. The summed E-state index contributed by atoms with van der Waals surface area (Å²) in [6.45, 7) is 7.39. The number of morpholine rings is 1. The second-order valence-corrected chi connectivity index (χ2v) is 11.7. The van der Waals surface area contributed by atoms with E-state index in [4.69, 9.17) is 16.3 Å². The number of aromatic nitrogens is 1. The van der Waals surface area contributed by atoms with E-state index >= 15 is 0 Å². The molecule has 1 aliphatic rings. The van der Waals surface area contributed by atoms with Crippen molar-refractivity contribution in [3.8, 4) is 11.3 Å². The minimum atomic E-state index is -0.893. The van der Waals surface area contributed by atoms with Gasteiger partial charge in [0, 0.05) is 58.0 Å². The highest BCUT2D eigenvalue weighted by Crippen LogP contribution is 2.36. The van der Waals surface area contributed by atoms with Gasteiger partial charge in [0.25, 0.3) is 0 Å². The van der Waals surface area contributed by atoms with Crippen molar-refractivity contribution in [2.24, 2.45) is 0 Å². The highest BCUT2D eigenvalue weighted by molar-refractivity contribution is 7.95. The van der Waals surface area contributed by atoms with Gasteiger partial charge in [-0.25, -0.2) is 4.31 Å². The van der Waals surface area contributed by atoms with E-state index in [0.717, 1.165) is 60.1 Å². The lowest BCUT2D eigenvalue weighted by molar-refractivity contribution is 0.0771. The highest BCUT2D eigenvalue weighted by Gasteiger charge is 2.18. The van der Waals surface area contributed by atoms with Crippen molar-refractivity contribution in [2.75, 3.05) is 33.4 Å². The maximum absolute atomic E-state index is 10.3. The first kappa shape index (κ1) is 27.1. The molecule has 0 amide bonds. The Hall–Kier alpha value is -1.97. The van der Waals surface area contributed by atoms with Gasteiger partial charge in [-0.05, 0) is 61.7 Å². The summed E-state index contributed by atoms with van der Waals surface area (Å²) < 4.78 is 11.6. The van der Waals surface area contributed by atoms with Gasteiger partial charge in [-0.15, -0.1) is 11.3 Å². The highest BCUT2D eigenvalue weighted by atomic mass is 35.5. The fraction of sp³-hybridized carbons (Fsp3) is 0.321. The van der Waals surface area contributed by atoms with Gasteiger partial charge >= 0.3 is 0 Å². The Bertz CT molecular complexity index is 1280. The van der Waals surface area contributed by atoms with Crippen molar-refractivity contribution < 1.29 is 9.84 Å². The van der Waals surface area contributed by atoms with Crippen LogP contribution in [0.4, 0.5) is 0 Å². The van der Waals surface area contributed by atoms with Crippen LogP contribution in [0.3, 0.4) is 0 Å². The van der Waals surface area contributed by atoms with Crippen molar-refractivity contribution in [3.63, 3.8) is 0 Å². The zero-order valence-corrected chi connectivity index (χ0v) is 23.2. The van der Waals surface area contributed by atoms with E-state index in [1.54, 1.807) is 43.5 Å². The molecule has 0 bridgehead atoms. The average Bonchev–Trinajstić information content (AvgIpc) is 3.29. The van der Waals surface area contributed by atoms with Crippen LogP contribution in [0.25, 0.3) is 21.3 Å². The van der Waals surface area contributed by atoms with Crippen LogP contribution in [0.1, 0.15) is 29.9 Å². The van der Waals surface area contributed by atoms with E-state index in [9.17, 15) is 5.11 Å². The summed E-state index contributed by atoms with van der Waals surface area (Å²) in [6.07, 6.45) is 2.58. The molecule has 5 nitrogen and oxygen atoms in total. The molecule has 5 rings (SSSR count). The first-order valence-corrected chi connectivity index (χ1v) is 13.9. The molecule has 190 valence electrons. The summed E-state index contributed by atoms with van der Waals surface area (Å²) in [5.74, 6) is 0. The zero-order chi connectivity index (χ0) is 25.5. The number of hydrogen-bond acceptors (Lipinski definition) is 7. The average molecular weight is 542 g/mol. The molecule has 4 aromatic rings. The molecule has 1 fully saturated rings. The van der Waals surface area contributed by atoms with Gasteiger partial charge < -0.3 is 9.84 Å². The molecule has 0 saturated carbocycles. The van der Waals surface area contributed by atoms with Crippen molar-refractivity contribution in [2.45, 2.75) is 25.9 Å². The number of thiophene rings is 1. The lowest BCUT2D eigenvalue weighted by Crippen LogP contribution is -2.32. The van der Waals surface area contributed by atoms with E-state index < -0.39 is 5.60 Å². The van der Waals surface area contributed by atoms with Crippen molar-refractivity contribution in [1.29, 1.82) is 0 Å². The molecular weight excluding hydrogens is 510 g/mol. The molecule has 8 heteroatoms. The summed E-state index contributed by atoms with van der Waals surface area (Å²) in [7, 11) is 1.93. The monoisotopic (exact) mass is 541 g/mol. The van der Waals surface area contributed by atoms with Crippen molar-refractivity contribution in [3.05, 3.63) is 87.9 Å². The maximum Gasteiger partial charge on any atom is 0.0841 e. The zero-order valence-electron chi connectivity index (χ0n) is 20.8. The molecule has 0 spiro atoms. The van der Waals surface area contributed by atoms with Gasteiger partial charge in [0.2, 0.25) is 0 Å². The Kier molecular flexibility index (Phi) is 9.41. The third kappa shape index (κ3) is 7.07. The Labute approximate surface area is 226 Å². The smallest absolute Gasteiger partial charge is 0.0841 e. The molecule has 0 atom stereocenters. The minimum absolute atomic E-state index is 0.801. The number of aliphatic hydroxyl groups is 1. The van der Waals surface area contributed by atoms with Gasteiger partial charge in [0.05, 0.1) is 24.5 Å². The van der Waals surface area contributed by atoms with Crippen molar-refractivity contribution >= 4 is 45.2 Å². The molecule has 0 aliphatic carbocycles. The van der Waals surface area contributed by atoms with Crippen LogP contribution in [0.15, 0.2) is 66.9 Å². The van der Waals surface area contributed by atoms with Crippen LogP contribution in [-0.4, -0.2) is 47.7 Å². The molecule has 1 aliphatic heterocycles. The lowest BCUT2D eigenvalue weighted by atomic mass is 9.97. The van der Waals surface area contributed by atoms with Crippen molar-refractivity contribution in [1.82, 2.24) is 14.0 Å². The summed E-state index contributed by atoms with van der Waals surface area (Å²) in [4.78, 5) is 5.82. The topological polar surface area (TPSA) is 57.6 Å². The van der Waals surface area contributed by atoms with E-state index in [-0.39, 0.29) is 0 Å². The van der Waals surface area contributed by atoms with Gasteiger partial charge in [-0.2, -0.15) is 0 Å². The van der Waals surface area contributed by atoms with Gasteiger partial charge in [0.15, 0.2) is 0 Å². The molecule has 2 aromatic carbocycles. The Morgan fingerprint density at radius 2 is 1.89 bits per heavy atom. The van der Waals surface area contributed by atoms with Crippen LogP contribution in [0.2, 0.25) is 5.02 Å². The third-order valence-corrected chi connectivity index (χ3v) is 8.21. The number of nitrogens with one attached hydrogen (secondary N) is 1. The number of rotatable bonds is 6. The Balaban J connectivity index is 0.000000286. The quantitative estimate of drug-likeness (QED) is 0.270. The second-order valence-electron chi connectivity index (χ2n) is 9.03. The van der Waals surface area contributed by atoms with Gasteiger partial charge in [0.1, 0.15) is 0 Å². The molecule has 36 heavy (non-hydrogen) atoms. The maximum atomic E-state index is 10.3. The van der Waals surface area contributed by atoms with E-state index in [0.29, 0.717) is 0 Å². The molecule has 0 unspecified atom stereocenters. The van der Waals surface area contributed by atoms with Crippen LogP contribution in [0.5, 0.6) is 0 Å². The summed E-state index contributed by atoms with van der Waals surface area (Å²) >= 11 is 9.76. The number of pyridine rings is 1. The second kappa shape index (κ2) is 12.5. The minimum Gasteiger partial charge on any atom is -0.386 e. The largest absolute Gasteiger partial charge is 0.386 e. The number of nitrogens with zero attached hydrogens (tertiary/aromatic N) is 2. The molecule has 2 aromatic heterocycles. The van der Waals surface area contributed by atoms with Crippen LogP contribution < -0.4 is 4.72 Å². The van der Waals surface area contributed by atoms with Crippen LogP contribution in [-0.2, 0) is 16.8 Å². The van der Waals surface area contributed by atoms with Crippen LogP contribution in [0, 0.1) is 0 Å². The summed E-state index contributed by atoms with van der Waals surface area (Å²) in [6, 6.07) is 20.3. The van der Waals surface area contributed by atoms with Crippen LogP contribution >= 0.6 is 35.1 Å². The molecule has 2 N–H and O–H groups in total.